The fraction of sp³-hybridized carbons (Fsp3) is 0.429. The molecule has 17 heavy (non-hydrogen) atoms. The predicted molar refractivity (Wildman–Crippen MR) is 75.2 cm³/mol. The van der Waals surface area contributed by atoms with Crippen molar-refractivity contribution in [3.05, 3.63) is 28.6 Å². The Labute approximate surface area is 107 Å². The van der Waals surface area contributed by atoms with Crippen LogP contribution in [-0.2, 0) is 6.54 Å². The van der Waals surface area contributed by atoms with Crippen LogP contribution >= 0.6 is 11.3 Å². The third-order valence-electron chi connectivity index (χ3n) is 2.93. The second-order valence-corrected chi connectivity index (χ2v) is 5.62. The molecule has 0 aliphatic rings. The lowest BCUT2D eigenvalue weighted by atomic mass is 9.99. The molecule has 0 amide bonds. The SMILES string of the molecule is CNCc1sc2cc(OC)ccc2c1C(C)C. The van der Waals surface area contributed by atoms with Crippen LogP contribution in [0.25, 0.3) is 10.1 Å². The highest BCUT2D eigenvalue weighted by Gasteiger charge is 2.14. The van der Waals surface area contributed by atoms with Gasteiger partial charge in [0, 0.05) is 16.1 Å². The molecule has 0 aliphatic carbocycles. The summed E-state index contributed by atoms with van der Waals surface area (Å²) in [5, 5.41) is 4.62. The van der Waals surface area contributed by atoms with Crippen molar-refractivity contribution >= 4 is 21.4 Å². The number of methoxy groups -OCH3 is 1. The lowest BCUT2D eigenvalue weighted by Crippen LogP contribution is -2.05. The van der Waals surface area contributed by atoms with E-state index in [0.717, 1.165) is 12.3 Å². The molecule has 1 aromatic carbocycles. The average molecular weight is 249 g/mol. The summed E-state index contributed by atoms with van der Waals surface area (Å²) in [6, 6.07) is 6.36. The summed E-state index contributed by atoms with van der Waals surface area (Å²) in [6.45, 7) is 5.45. The molecule has 0 atom stereocenters. The number of rotatable bonds is 4. The van der Waals surface area contributed by atoms with Crippen molar-refractivity contribution < 1.29 is 4.74 Å². The van der Waals surface area contributed by atoms with Crippen molar-refractivity contribution in [2.24, 2.45) is 0 Å². The maximum Gasteiger partial charge on any atom is 0.120 e. The fourth-order valence-corrected chi connectivity index (χ4v) is 3.60. The highest BCUT2D eigenvalue weighted by Crippen LogP contribution is 2.37. The third-order valence-corrected chi connectivity index (χ3v) is 4.10. The molecule has 2 aromatic rings. The van der Waals surface area contributed by atoms with Crippen LogP contribution in [0, 0.1) is 0 Å². The average Bonchev–Trinajstić information content (AvgIpc) is 2.66. The van der Waals surface area contributed by atoms with Crippen LogP contribution in [-0.4, -0.2) is 14.2 Å². The Balaban J connectivity index is 2.61. The van der Waals surface area contributed by atoms with E-state index in [1.807, 2.05) is 24.5 Å². The molecule has 1 aromatic heterocycles. The van der Waals surface area contributed by atoms with E-state index in [0.29, 0.717) is 5.92 Å². The van der Waals surface area contributed by atoms with Gasteiger partial charge in [-0.05, 0) is 42.1 Å². The lowest BCUT2D eigenvalue weighted by Gasteiger charge is -2.08. The second-order valence-electron chi connectivity index (χ2n) is 4.49. The molecular weight excluding hydrogens is 230 g/mol. The van der Waals surface area contributed by atoms with Crippen molar-refractivity contribution in [1.29, 1.82) is 0 Å². The van der Waals surface area contributed by atoms with Crippen molar-refractivity contribution in [3.63, 3.8) is 0 Å². The van der Waals surface area contributed by atoms with Gasteiger partial charge in [0.2, 0.25) is 0 Å². The zero-order valence-corrected chi connectivity index (χ0v) is 11.6. The second kappa shape index (κ2) is 5.07. The lowest BCUT2D eigenvalue weighted by molar-refractivity contribution is 0.415. The summed E-state index contributed by atoms with van der Waals surface area (Å²) in [6.07, 6.45) is 0. The van der Waals surface area contributed by atoms with E-state index in [4.69, 9.17) is 4.74 Å². The molecule has 0 aliphatic heterocycles. The Kier molecular flexibility index (Phi) is 3.69. The first kappa shape index (κ1) is 12.4. The van der Waals surface area contributed by atoms with Crippen LogP contribution in [0.4, 0.5) is 0 Å². The molecule has 1 heterocycles. The molecule has 3 heteroatoms. The van der Waals surface area contributed by atoms with Crippen LogP contribution in [0.3, 0.4) is 0 Å². The van der Waals surface area contributed by atoms with E-state index in [9.17, 15) is 0 Å². The van der Waals surface area contributed by atoms with Crippen molar-refractivity contribution in [1.82, 2.24) is 5.32 Å². The molecule has 2 rings (SSSR count). The molecule has 0 radical (unpaired) electrons. The number of thiophene rings is 1. The van der Waals surface area contributed by atoms with Gasteiger partial charge in [-0.3, -0.25) is 0 Å². The summed E-state index contributed by atoms with van der Waals surface area (Å²) in [7, 11) is 3.71. The molecule has 92 valence electrons. The minimum absolute atomic E-state index is 0.556. The van der Waals surface area contributed by atoms with Gasteiger partial charge in [-0.15, -0.1) is 11.3 Å². The van der Waals surface area contributed by atoms with Crippen molar-refractivity contribution in [3.8, 4) is 5.75 Å². The summed E-state index contributed by atoms with van der Waals surface area (Å²) in [5.41, 5.74) is 1.47. The highest BCUT2D eigenvalue weighted by atomic mass is 32.1. The molecule has 0 fully saturated rings. The normalized spacial score (nSPS) is 11.4. The van der Waals surface area contributed by atoms with Crippen molar-refractivity contribution in [2.45, 2.75) is 26.3 Å². The van der Waals surface area contributed by atoms with Gasteiger partial charge in [0.1, 0.15) is 5.75 Å². The van der Waals surface area contributed by atoms with E-state index in [1.165, 1.54) is 20.5 Å². The minimum atomic E-state index is 0.556. The fourth-order valence-electron chi connectivity index (χ4n) is 2.20. The quantitative estimate of drug-likeness (QED) is 0.891. The van der Waals surface area contributed by atoms with Crippen LogP contribution < -0.4 is 10.1 Å². The maximum atomic E-state index is 5.28. The summed E-state index contributed by atoms with van der Waals surface area (Å²) < 4.78 is 6.60. The number of fused-ring (bicyclic) bond motifs is 1. The molecule has 1 N–H and O–H groups in total. The predicted octanol–water partition coefficient (Wildman–Crippen LogP) is 3.75. The number of nitrogens with one attached hydrogen (secondary N) is 1. The molecule has 2 nitrogen and oxygen atoms in total. The molecule has 0 unspecified atom stereocenters. The Morgan fingerprint density at radius 1 is 1.35 bits per heavy atom. The van der Waals surface area contributed by atoms with E-state index >= 15 is 0 Å². The molecule has 0 saturated carbocycles. The first-order valence-corrected chi connectivity index (χ1v) is 6.73. The smallest absolute Gasteiger partial charge is 0.120 e. The van der Waals surface area contributed by atoms with Gasteiger partial charge in [0.15, 0.2) is 0 Å². The monoisotopic (exact) mass is 249 g/mol. The summed E-state index contributed by atoms with van der Waals surface area (Å²) in [5.74, 6) is 1.49. The van der Waals surface area contributed by atoms with Crippen LogP contribution in [0.2, 0.25) is 0 Å². The van der Waals surface area contributed by atoms with Gasteiger partial charge in [-0.1, -0.05) is 13.8 Å². The van der Waals surface area contributed by atoms with E-state index in [-0.39, 0.29) is 0 Å². The number of hydrogen-bond donors (Lipinski definition) is 1. The Bertz CT molecular complexity index is 516. The number of hydrogen-bond acceptors (Lipinski definition) is 3. The Morgan fingerprint density at radius 3 is 2.71 bits per heavy atom. The minimum Gasteiger partial charge on any atom is -0.497 e. The maximum absolute atomic E-state index is 5.28. The molecule has 0 spiro atoms. The molecule has 0 bridgehead atoms. The standard InChI is InChI=1S/C14H19NOS/c1-9(2)14-11-6-5-10(16-4)7-12(11)17-13(14)8-15-3/h5-7,9,15H,8H2,1-4H3. The van der Waals surface area contributed by atoms with E-state index < -0.39 is 0 Å². The largest absolute Gasteiger partial charge is 0.497 e. The molecular formula is C14H19NOS. The van der Waals surface area contributed by atoms with E-state index in [2.05, 4.69) is 31.3 Å². The highest BCUT2D eigenvalue weighted by molar-refractivity contribution is 7.19. The van der Waals surface area contributed by atoms with Gasteiger partial charge in [-0.25, -0.2) is 0 Å². The zero-order chi connectivity index (χ0) is 12.4. The van der Waals surface area contributed by atoms with Gasteiger partial charge < -0.3 is 10.1 Å². The van der Waals surface area contributed by atoms with Crippen LogP contribution in [0.1, 0.15) is 30.2 Å². The van der Waals surface area contributed by atoms with E-state index in [1.54, 1.807) is 7.11 Å². The van der Waals surface area contributed by atoms with Crippen molar-refractivity contribution in [2.75, 3.05) is 14.2 Å². The topological polar surface area (TPSA) is 21.3 Å². The zero-order valence-electron chi connectivity index (χ0n) is 10.8. The van der Waals surface area contributed by atoms with Crippen LogP contribution in [0.5, 0.6) is 5.75 Å². The summed E-state index contributed by atoms with van der Waals surface area (Å²) >= 11 is 1.86. The van der Waals surface area contributed by atoms with Gasteiger partial charge in [-0.2, -0.15) is 0 Å². The van der Waals surface area contributed by atoms with Gasteiger partial charge in [0.05, 0.1) is 7.11 Å². The number of benzene rings is 1. The Morgan fingerprint density at radius 2 is 2.12 bits per heavy atom. The summed E-state index contributed by atoms with van der Waals surface area (Å²) in [4.78, 5) is 1.44. The first-order valence-electron chi connectivity index (χ1n) is 5.91. The first-order chi connectivity index (χ1) is 8.17. The number of ether oxygens (including phenoxy) is 1. The Hall–Kier alpha value is -1.06. The van der Waals surface area contributed by atoms with Gasteiger partial charge >= 0.3 is 0 Å². The van der Waals surface area contributed by atoms with Gasteiger partial charge in [0.25, 0.3) is 0 Å². The molecule has 0 saturated heterocycles. The van der Waals surface area contributed by atoms with Crippen LogP contribution in [0.15, 0.2) is 18.2 Å². The third kappa shape index (κ3) is 2.31.